The molecule has 0 saturated carbocycles. The molecule has 2 heterocycles. The van der Waals surface area contributed by atoms with Gasteiger partial charge < -0.3 is 10.6 Å². The van der Waals surface area contributed by atoms with Gasteiger partial charge in [-0.3, -0.25) is 0 Å². The molecule has 0 amide bonds. The summed E-state index contributed by atoms with van der Waals surface area (Å²) in [6, 6.07) is 0.348. The molecule has 14 heavy (non-hydrogen) atoms. The highest BCUT2D eigenvalue weighted by Crippen LogP contribution is 2.27. The molecule has 0 aromatic carbocycles. The fraction of sp³-hybridized carbons (Fsp3) is 0.875. The molecular formula is C8H16N6. The Balaban J connectivity index is 2.15. The lowest BCUT2D eigenvalue weighted by molar-refractivity contribution is 0.150. The first-order valence-electron chi connectivity index (χ1n) is 4.90. The number of aromatic nitrogens is 4. The molecule has 2 N–H and O–H groups in total. The minimum atomic E-state index is 0.348. The third-order valence-electron chi connectivity index (χ3n) is 2.90. The fourth-order valence-corrected chi connectivity index (χ4v) is 2.14. The van der Waals surface area contributed by atoms with Gasteiger partial charge in [0, 0.05) is 6.54 Å². The van der Waals surface area contributed by atoms with Crippen molar-refractivity contribution < 1.29 is 0 Å². The van der Waals surface area contributed by atoms with Gasteiger partial charge in [-0.05, 0) is 36.4 Å². The van der Waals surface area contributed by atoms with Crippen LogP contribution in [-0.4, -0.2) is 45.2 Å². The topological polar surface area (TPSA) is 72.9 Å². The van der Waals surface area contributed by atoms with Crippen molar-refractivity contribution in [2.75, 3.05) is 25.9 Å². The van der Waals surface area contributed by atoms with Gasteiger partial charge in [0.2, 0.25) is 5.95 Å². The van der Waals surface area contributed by atoms with Crippen molar-refractivity contribution in [3.05, 3.63) is 0 Å². The maximum Gasteiger partial charge on any atom is 0.240 e. The van der Waals surface area contributed by atoms with E-state index in [1.165, 1.54) is 0 Å². The Morgan fingerprint density at radius 2 is 2.29 bits per heavy atom. The van der Waals surface area contributed by atoms with Crippen LogP contribution in [0.4, 0.5) is 5.95 Å². The van der Waals surface area contributed by atoms with Crippen LogP contribution in [0.25, 0.3) is 0 Å². The molecule has 2 unspecified atom stereocenters. The Labute approximate surface area is 83.1 Å². The molecule has 1 fully saturated rings. The van der Waals surface area contributed by atoms with E-state index in [1.54, 1.807) is 4.68 Å². The van der Waals surface area contributed by atoms with E-state index in [9.17, 15) is 0 Å². The van der Waals surface area contributed by atoms with Gasteiger partial charge in [0.05, 0.1) is 6.04 Å². The van der Waals surface area contributed by atoms with Crippen LogP contribution in [0.2, 0.25) is 0 Å². The maximum absolute atomic E-state index is 5.68. The zero-order valence-electron chi connectivity index (χ0n) is 8.59. The van der Waals surface area contributed by atoms with Crippen molar-refractivity contribution >= 4 is 5.95 Å². The van der Waals surface area contributed by atoms with Crippen LogP contribution in [0, 0.1) is 5.92 Å². The number of tetrazole rings is 1. The number of nitrogens with zero attached hydrogens (tertiary/aromatic N) is 5. The SMILES string of the molecule is CC1CN(C)CCC1n1nnnc1N. The number of piperidine rings is 1. The van der Waals surface area contributed by atoms with Crippen LogP contribution in [-0.2, 0) is 0 Å². The smallest absolute Gasteiger partial charge is 0.240 e. The normalized spacial score (nSPS) is 29.3. The highest BCUT2D eigenvalue weighted by atomic mass is 15.6. The van der Waals surface area contributed by atoms with Crippen LogP contribution in [0.3, 0.4) is 0 Å². The van der Waals surface area contributed by atoms with Crippen LogP contribution >= 0.6 is 0 Å². The molecule has 0 bridgehead atoms. The third-order valence-corrected chi connectivity index (χ3v) is 2.90. The predicted molar refractivity (Wildman–Crippen MR) is 52.5 cm³/mol. The van der Waals surface area contributed by atoms with E-state index in [0.717, 1.165) is 19.5 Å². The number of anilines is 1. The van der Waals surface area contributed by atoms with Gasteiger partial charge >= 0.3 is 0 Å². The molecular weight excluding hydrogens is 180 g/mol. The van der Waals surface area contributed by atoms with Crippen LogP contribution in [0.1, 0.15) is 19.4 Å². The summed E-state index contributed by atoms with van der Waals surface area (Å²) in [4.78, 5) is 2.32. The van der Waals surface area contributed by atoms with Crippen molar-refractivity contribution in [1.82, 2.24) is 25.1 Å². The minimum Gasteiger partial charge on any atom is -0.367 e. The lowest BCUT2D eigenvalue weighted by Gasteiger charge is -2.34. The molecule has 78 valence electrons. The summed E-state index contributed by atoms with van der Waals surface area (Å²) in [5, 5.41) is 11.2. The zero-order chi connectivity index (χ0) is 10.1. The average molecular weight is 196 g/mol. The zero-order valence-corrected chi connectivity index (χ0v) is 8.59. The largest absolute Gasteiger partial charge is 0.367 e. The molecule has 0 spiro atoms. The lowest BCUT2D eigenvalue weighted by Crippen LogP contribution is -2.38. The van der Waals surface area contributed by atoms with Crippen LogP contribution in [0.15, 0.2) is 0 Å². The standard InChI is InChI=1S/C8H16N6/c1-6-5-13(2)4-3-7(6)14-8(9)10-11-12-14/h6-7H,3-5H2,1-2H3,(H2,9,10,12). The second-order valence-electron chi connectivity index (χ2n) is 4.08. The number of nitrogens with two attached hydrogens (primary N) is 1. The molecule has 1 aromatic heterocycles. The fourth-order valence-electron chi connectivity index (χ4n) is 2.14. The van der Waals surface area contributed by atoms with Crippen molar-refractivity contribution in [1.29, 1.82) is 0 Å². The first-order valence-corrected chi connectivity index (χ1v) is 4.90. The van der Waals surface area contributed by atoms with E-state index in [-0.39, 0.29) is 0 Å². The van der Waals surface area contributed by atoms with E-state index in [4.69, 9.17) is 5.73 Å². The van der Waals surface area contributed by atoms with Gasteiger partial charge in [0.1, 0.15) is 0 Å². The van der Waals surface area contributed by atoms with Crippen molar-refractivity contribution in [3.63, 3.8) is 0 Å². The molecule has 1 aliphatic heterocycles. The number of hydrogen-bond donors (Lipinski definition) is 1. The summed E-state index contributed by atoms with van der Waals surface area (Å²) in [6.45, 7) is 4.36. The van der Waals surface area contributed by atoms with E-state index >= 15 is 0 Å². The van der Waals surface area contributed by atoms with Crippen molar-refractivity contribution in [2.24, 2.45) is 5.92 Å². The van der Waals surface area contributed by atoms with Gasteiger partial charge in [-0.2, -0.15) is 0 Å². The highest BCUT2D eigenvalue weighted by molar-refractivity contribution is 5.12. The number of rotatable bonds is 1. The molecule has 2 rings (SSSR count). The molecule has 0 radical (unpaired) electrons. The Bertz CT molecular complexity index is 309. The Hall–Kier alpha value is -1.17. The quantitative estimate of drug-likeness (QED) is 0.671. The monoisotopic (exact) mass is 196 g/mol. The van der Waals surface area contributed by atoms with E-state index in [2.05, 4.69) is 34.4 Å². The van der Waals surface area contributed by atoms with E-state index < -0.39 is 0 Å². The summed E-state index contributed by atoms with van der Waals surface area (Å²) in [7, 11) is 2.13. The Kier molecular flexibility index (Phi) is 2.37. The average Bonchev–Trinajstić information content (AvgIpc) is 2.52. The lowest BCUT2D eigenvalue weighted by atomic mass is 9.94. The maximum atomic E-state index is 5.68. The molecule has 2 atom stereocenters. The van der Waals surface area contributed by atoms with Crippen molar-refractivity contribution in [3.8, 4) is 0 Å². The van der Waals surface area contributed by atoms with Crippen LogP contribution < -0.4 is 5.73 Å². The van der Waals surface area contributed by atoms with Gasteiger partial charge in [-0.25, -0.2) is 4.68 Å². The summed E-state index contributed by atoms with van der Waals surface area (Å²) >= 11 is 0. The van der Waals surface area contributed by atoms with E-state index in [1.807, 2.05) is 0 Å². The second kappa shape index (κ2) is 3.53. The van der Waals surface area contributed by atoms with Gasteiger partial charge in [0.25, 0.3) is 0 Å². The summed E-state index contributed by atoms with van der Waals surface area (Å²) in [5.74, 6) is 0.964. The molecule has 1 aromatic rings. The highest BCUT2D eigenvalue weighted by Gasteiger charge is 2.27. The third kappa shape index (κ3) is 1.57. The molecule has 1 saturated heterocycles. The van der Waals surface area contributed by atoms with Crippen LogP contribution in [0.5, 0.6) is 0 Å². The summed E-state index contributed by atoms with van der Waals surface area (Å²) < 4.78 is 1.75. The van der Waals surface area contributed by atoms with E-state index in [0.29, 0.717) is 17.9 Å². The first kappa shape index (κ1) is 9.39. The predicted octanol–water partition coefficient (Wildman–Crippen LogP) is -0.232. The minimum absolute atomic E-state index is 0.348. The number of hydrogen-bond acceptors (Lipinski definition) is 5. The first-order chi connectivity index (χ1) is 6.68. The Morgan fingerprint density at radius 1 is 1.50 bits per heavy atom. The molecule has 6 nitrogen and oxygen atoms in total. The summed E-state index contributed by atoms with van der Waals surface area (Å²) in [6.07, 6.45) is 1.06. The number of nitrogen functional groups attached to an aromatic ring is 1. The van der Waals surface area contributed by atoms with Crippen molar-refractivity contribution in [2.45, 2.75) is 19.4 Å². The van der Waals surface area contributed by atoms with Gasteiger partial charge in [-0.15, -0.1) is 0 Å². The Morgan fingerprint density at radius 3 is 2.86 bits per heavy atom. The van der Waals surface area contributed by atoms with Gasteiger partial charge in [0.15, 0.2) is 0 Å². The second-order valence-corrected chi connectivity index (χ2v) is 4.08. The van der Waals surface area contributed by atoms with Gasteiger partial charge in [-0.1, -0.05) is 12.0 Å². The molecule has 0 aliphatic carbocycles. The molecule has 1 aliphatic rings. The summed E-state index contributed by atoms with van der Waals surface area (Å²) in [5.41, 5.74) is 5.68. The molecule has 6 heteroatoms. The number of likely N-dealkylation sites (tertiary alicyclic amines) is 1.